The monoisotopic (exact) mass is 436 g/mol. The number of halogens is 6. The average molecular weight is 436 g/mol. The Bertz CT molecular complexity index is 568. The van der Waals surface area contributed by atoms with Gasteiger partial charge in [0, 0.05) is 7.11 Å². The summed E-state index contributed by atoms with van der Waals surface area (Å²) in [6.07, 6.45) is -4.91. The molecule has 0 aliphatic carbocycles. The third-order valence-electron chi connectivity index (χ3n) is 4.16. The third-order valence-corrected chi connectivity index (χ3v) is 4.16. The van der Waals surface area contributed by atoms with Crippen molar-refractivity contribution in [2.45, 2.75) is 89.3 Å². The Morgan fingerprint density at radius 3 is 1.79 bits per heavy atom. The lowest BCUT2D eigenvalue weighted by Gasteiger charge is -2.40. The first kappa shape index (κ1) is 28.0. The minimum atomic E-state index is -5.03. The van der Waals surface area contributed by atoms with Crippen LogP contribution in [0.1, 0.15) is 54.4 Å². The summed E-state index contributed by atoms with van der Waals surface area (Å²) in [6, 6.07) is 0. The number of terminal acetylenes is 1. The van der Waals surface area contributed by atoms with E-state index in [4.69, 9.17) is 15.9 Å². The largest absolute Gasteiger partial charge is 0.422 e. The molecule has 0 rings (SSSR count). The second kappa shape index (κ2) is 9.41. The van der Waals surface area contributed by atoms with Crippen LogP contribution in [0.4, 0.5) is 26.3 Å². The average Bonchev–Trinajstić information content (AvgIpc) is 2.49. The van der Waals surface area contributed by atoms with Gasteiger partial charge in [-0.3, -0.25) is 0 Å². The fourth-order valence-corrected chi connectivity index (χ4v) is 2.38. The Kier molecular flexibility index (Phi) is 9.08. The van der Waals surface area contributed by atoms with Gasteiger partial charge in [-0.25, -0.2) is 0 Å². The maximum absolute atomic E-state index is 14.3. The van der Waals surface area contributed by atoms with Crippen molar-refractivity contribution < 1.29 is 45.3 Å². The molecule has 0 aliphatic rings. The van der Waals surface area contributed by atoms with Crippen molar-refractivity contribution in [1.82, 2.24) is 0 Å². The topological polar surface area (TPSA) is 36.9 Å². The molecule has 0 fully saturated rings. The van der Waals surface area contributed by atoms with Crippen LogP contribution < -0.4 is 0 Å². The van der Waals surface area contributed by atoms with Gasteiger partial charge in [0.15, 0.2) is 0 Å². The van der Waals surface area contributed by atoms with Crippen LogP contribution >= 0.6 is 0 Å². The summed E-state index contributed by atoms with van der Waals surface area (Å²) in [5, 5.41) is 0. The fraction of sp³-hybridized carbons (Fsp3) is 0.895. The quantitative estimate of drug-likeness (QED) is 0.292. The Labute approximate surface area is 168 Å². The molecular formula is C19H30F6O4. The molecule has 0 aromatic carbocycles. The summed E-state index contributed by atoms with van der Waals surface area (Å²) >= 11 is 0. The van der Waals surface area contributed by atoms with E-state index in [-0.39, 0.29) is 13.2 Å². The lowest BCUT2D eigenvalue weighted by molar-refractivity contribution is -0.416. The molecule has 10 heteroatoms. The molecule has 0 radical (unpaired) electrons. The van der Waals surface area contributed by atoms with E-state index < -0.39 is 41.4 Å². The van der Waals surface area contributed by atoms with Crippen LogP contribution in [-0.2, 0) is 18.9 Å². The van der Waals surface area contributed by atoms with Crippen LogP contribution in [0, 0.1) is 12.3 Å². The van der Waals surface area contributed by atoms with Crippen LogP contribution in [0.5, 0.6) is 0 Å². The van der Waals surface area contributed by atoms with Gasteiger partial charge in [0.1, 0.15) is 12.2 Å². The third kappa shape index (κ3) is 8.32. The van der Waals surface area contributed by atoms with E-state index in [1.165, 1.54) is 13.8 Å². The molecule has 4 nitrogen and oxygen atoms in total. The van der Waals surface area contributed by atoms with Crippen LogP contribution in [-0.4, -0.2) is 55.3 Å². The lowest BCUT2D eigenvalue weighted by Crippen LogP contribution is -2.60. The molecule has 0 bridgehead atoms. The normalized spacial score (nSPS) is 14.8. The number of methoxy groups -OCH3 is 1. The van der Waals surface area contributed by atoms with Gasteiger partial charge in [-0.1, -0.05) is 5.92 Å². The van der Waals surface area contributed by atoms with E-state index >= 15 is 0 Å². The van der Waals surface area contributed by atoms with Gasteiger partial charge in [0.05, 0.1) is 24.2 Å². The number of alkyl halides is 6. The Hall–Kier alpha value is -1.02. The summed E-state index contributed by atoms with van der Waals surface area (Å²) < 4.78 is 102. The van der Waals surface area contributed by atoms with Crippen molar-refractivity contribution in [3.63, 3.8) is 0 Å². The summed E-state index contributed by atoms with van der Waals surface area (Å²) in [5.41, 5.74) is -5.42. The fourth-order valence-electron chi connectivity index (χ4n) is 2.38. The zero-order chi connectivity index (χ0) is 23.4. The molecule has 0 aliphatic heterocycles. The highest BCUT2D eigenvalue weighted by Gasteiger charge is 2.69. The molecule has 29 heavy (non-hydrogen) atoms. The number of hydrogen-bond acceptors (Lipinski definition) is 4. The predicted molar refractivity (Wildman–Crippen MR) is 95.1 cm³/mol. The van der Waals surface area contributed by atoms with Crippen molar-refractivity contribution in [3.8, 4) is 12.3 Å². The Balaban J connectivity index is 5.04. The molecule has 0 aromatic heterocycles. The molecule has 0 spiro atoms. The minimum absolute atomic E-state index is 0.00193. The SMILES string of the molecule is C#CCOC(C)(C)CCOC(C)(C)CC(F)(F)OC(C)(C)C(F)(F)C(F)(F)OC. The number of ether oxygens (including phenoxy) is 4. The summed E-state index contributed by atoms with van der Waals surface area (Å²) in [4.78, 5) is 0. The molecule has 0 unspecified atom stereocenters. The Morgan fingerprint density at radius 2 is 1.34 bits per heavy atom. The van der Waals surface area contributed by atoms with E-state index in [1.54, 1.807) is 13.8 Å². The predicted octanol–water partition coefficient (Wildman–Crippen LogP) is 5.25. The molecule has 0 amide bonds. The van der Waals surface area contributed by atoms with Gasteiger partial charge < -0.3 is 18.9 Å². The van der Waals surface area contributed by atoms with Crippen molar-refractivity contribution >= 4 is 0 Å². The minimum Gasteiger partial charge on any atom is -0.375 e. The highest BCUT2D eigenvalue weighted by Crippen LogP contribution is 2.47. The van der Waals surface area contributed by atoms with Crippen molar-refractivity contribution in [2.24, 2.45) is 0 Å². The molecule has 0 aromatic rings. The van der Waals surface area contributed by atoms with E-state index in [1.807, 2.05) is 0 Å². The van der Waals surface area contributed by atoms with Gasteiger partial charge in [0.25, 0.3) is 0 Å². The maximum Gasteiger partial charge on any atom is 0.422 e. The second-order valence-electron chi connectivity index (χ2n) is 8.33. The van der Waals surface area contributed by atoms with Crippen molar-refractivity contribution in [3.05, 3.63) is 0 Å². The summed E-state index contributed by atoms with van der Waals surface area (Å²) in [7, 11) is 0.341. The van der Waals surface area contributed by atoms with Gasteiger partial charge in [0.2, 0.25) is 0 Å². The van der Waals surface area contributed by atoms with Gasteiger partial charge in [-0.15, -0.1) is 6.42 Å². The number of rotatable bonds is 13. The standard InChI is InChI=1S/C19H30F6O4/c1-9-11-27-14(2,3)10-12-28-15(4,5)13-17(20,21)29-16(6,7)18(22,23)19(24,25)26-8/h1H,10-13H2,2-8H3. The van der Waals surface area contributed by atoms with Crippen LogP contribution in [0.2, 0.25) is 0 Å². The maximum atomic E-state index is 14.3. The van der Waals surface area contributed by atoms with Crippen LogP contribution in [0.3, 0.4) is 0 Å². The van der Waals surface area contributed by atoms with Crippen LogP contribution in [0.15, 0.2) is 0 Å². The smallest absolute Gasteiger partial charge is 0.375 e. The number of hydrogen-bond donors (Lipinski definition) is 0. The first-order valence-corrected chi connectivity index (χ1v) is 8.84. The zero-order valence-corrected chi connectivity index (χ0v) is 17.8. The lowest BCUT2D eigenvalue weighted by atomic mass is 9.98. The highest BCUT2D eigenvalue weighted by atomic mass is 19.3. The molecule has 172 valence electrons. The van der Waals surface area contributed by atoms with Crippen LogP contribution in [0.25, 0.3) is 0 Å². The van der Waals surface area contributed by atoms with E-state index in [0.29, 0.717) is 27.4 Å². The van der Waals surface area contributed by atoms with Gasteiger partial charge in [-0.2, -0.15) is 26.3 Å². The van der Waals surface area contributed by atoms with Gasteiger partial charge in [-0.05, 0) is 48.0 Å². The zero-order valence-electron chi connectivity index (χ0n) is 17.8. The van der Waals surface area contributed by atoms with E-state index in [0.717, 1.165) is 0 Å². The molecule has 0 saturated heterocycles. The summed E-state index contributed by atoms with van der Waals surface area (Å²) in [5.74, 6) is -2.72. The van der Waals surface area contributed by atoms with Crippen molar-refractivity contribution in [1.29, 1.82) is 0 Å². The van der Waals surface area contributed by atoms with Gasteiger partial charge >= 0.3 is 18.1 Å². The first-order chi connectivity index (χ1) is 12.7. The Morgan fingerprint density at radius 1 is 0.828 bits per heavy atom. The van der Waals surface area contributed by atoms with Crippen molar-refractivity contribution in [2.75, 3.05) is 20.3 Å². The highest BCUT2D eigenvalue weighted by molar-refractivity contribution is 4.95. The second-order valence-corrected chi connectivity index (χ2v) is 8.33. The molecule has 0 N–H and O–H groups in total. The first-order valence-electron chi connectivity index (χ1n) is 8.84. The molecule has 0 heterocycles. The molecular weight excluding hydrogens is 406 g/mol. The molecule has 0 atom stereocenters. The molecule has 0 saturated carbocycles. The summed E-state index contributed by atoms with van der Waals surface area (Å²) in [6.45, 7) is 7.01. The van der Waals surface area contributed by atoms with E-state index in [9.17, 15) is 26.3 Å². The van der Waals surface area contributed by atoms with E-state index in [2.05, 4.69) is 15.4 Å².